The van der Waals surface area contributed by atoms with Crippen LogP contribution < -0.4 is 14.8 Å². The topological polar surface area (TPSA) is 54.0 Å². The van der Waals surface area contributed by atoms with Gasteiger partial charge in [0.1, 0.15) is 6.61 Å². The van der Waals surface area contributed by atoms with Crippen molar-refractivity contribution >= 4 is 12.0 Å². The molecule has 1 atom stereocenters. The van der Waals surface area contributed by atoms with E-state index >= 15 is 0 Å². The molecule has 3 heterocycles. The first-order chi connectivity index (χ1) is 13.1. The van der Waals surface area contributed by atoms with E-state index in [2.05, 4.69) is 34.3 Å². The van der Waals surface area contributed by atoms with Gasteiger partial charge in [-0.05, 0) is 37.6 Å². The number of nitrogens with zero attached hydrogens (tertiary/aromatic N) is 2. The molecule has 1 spiro atoms. The fraction of sp³-hybridized carbons (Fsp3) is 0.571. The summed E-state index contributed by atoms with van der Waals surface area (Å²) in [5, 5.41) is 3.03. The number of piperazine rings is 1. The third-order valence-corrected chi connectivity index (χ3v) is 6.23. The van der Waals surface area contributed by atoms with Crippen molar-refractivity contribution in [3.8, 4) is 11.5 Å². The zero-order valence-electron chi connectivity index (χ0n) is 16.3. The Hall–Kier alpha value is -2.05. The molecule has 0 aromatic heterocycles. The number of hydrogen-bond acceptors (Lipinski definition) is 5. The van der Waals surface area contributed by atoms with E-state index in [-0.39, 0.29) is 11.4 Å². The average Bonchev–Trinajstić information content (AvgIpc) is 2.86. The molecule has 3 aliphatic rings. The smallest absolute Gasteiger partial charge is 0.220 e. The van der Waals surface area contributed by atoms with E-state index in [0.717, 1.165) is 62.6 Å². The van der Waals surface area contributed by atoms with E-state index in [1.165, 1.54) is 5.57 Å². The van der Waals surface area contributed by atoms with Crippen LogP contribution in [-0.2, 0) is 4.79 Å². The Morgan fingerprint density at radius 2 is 2.19 bits per heavy atom. The van der Waals surface area contributed by atoms with Crippen LogP contribution in [0.4, 0.5) is 0 Å². The Labute approximate surface area is 161 Å². The molecule has 0 radical (unpaired) electrons. The Morgan fingerprint density at radius 3 is 3.04 bits per heavy atom. The van der Waals surface area contributed by atoms with Gasteiger partial charge in [-0.25, -0.2) is 0 Å². The summed E-state index contributed by atoms with van der Waals surface area (Å²) in [6.45, 7) is 5.37. The molecule has 27 heavy (non-hydrogen) atoms. The minimum atomic E-state index is 0.0919. The van der Waals surface area contributed by atoms with Gasteiger partial charge < -0.3 is 14.8 Å². The van der Waals surface area contributed by atoms with Gasteiger partial charge in [-0.1, -0.05) is 12.1 Å². The molecule has 0 aliphatic carbocycles. The Kier molecular flexibility index (Phi) is 5.10. The zero-order valence-corrected chi connectivity index (χ0v) is 16.3. The highest BCUT2D eigenvalue weighted by atomic mass is 16.5. The number of amides is 1. The van der Waals surface area contributed by atoms with Gasteiger partial charge in [0.25, 0.3) is 0 Å². The van der Waals surface area contributed by atoms with E-state index in [0.29, 0.717) is 13.0 Å². The van der Waals surface area contributed by atoms with Gasteiger partial charge >= 0.3 is 0 Å². The van der Waals surface area contributed by atoms with Crippen LogP contribution in [0.3, 0.4) is 0 Å². The molecule has 146 valence electrons. The van der Waals surface area contributed by atoms with Gasteiger partial charge in [0.15, 0.2) is 11.5 Å². The number of carbonyl (C=O) groups is 1. The molecule has 1 aromatic carbocycles. The van der Waals surface area contributed by atoms with Gasteiger partial charge in [-0.3, -0.25) is 14.6 Å². The highest BCUT2D eigenvalue weighted by Gasteiger charge is 2.40. The molecule has 3 aliphatic heterocycles. The zero-order chi connectivity index (χ0) is 18.9. The highest BCUT2D eigenvalue weighted by Crippen LogP contribution is 2.36. The summed E-state index contributed by atoms with van der Waals surface area (Å²) < 4.78 is 11.4. The summed E-state index contributed by atoms with van der Waals surface area (Å²) in [7, 11) is 3.88. The molecule has 1 aromatic rings. The fourth-order valence-electron chi connectivity index (χ4n) is 4.58. The van der Waals surface area contributed by atoms with Crippen LogP contribution in [0.1, 0.15) is 24.8 Å². The van der Waals surface area contributed by atoms with Crippen LogP contribution in [0.15, 0.2) is 23.8 Å². The minimum Gasteiger partial charge on any atom is -0.493 e. The van der Waals surface area contributed by atoms with E-state index in [4.69, 9.17) is 9.47 Å². The molecular formula is C21H29N3O3. The number of hydrogen-bond donors (Lipinski definition) is 1. The number of fused-ring (bicyclic) bond motifs is 1. The summed E-state index contributed by atoms with van der Waals surface area (Å²) in [5.41, 5.74) is 2.47. The second-order valence-corrected chi connectivity index (χ2v) is 7.93. The normalized spacial score (nSPS) is 26.6. The van der Waals surface area contributed by atoms with E-state index in [1.54, 1.807) is 7.11 Å². The number of para-hydroxylation sites is 1. The van der Waals surface area contributed by atoms with Crippen LogP contribution in [-0.4, -0.2) is 74.7 Å². The average molecular weight is 371 g/mol. The molecule has 1 unspecified atom stereocenters. The summed E-state index contributed by atoms with van der Waals surface area (Å²) in [6, 6.07) is 6.01. The number of methoxy groups -OCH3 is 1. The molecule has 2 saturated heterocycles. The number of rotatable bonds is 3. The van der Waals surface area contributed by atoms with Crippen molar-refractivity contribution in [3.63, 3.8) is 0 Å². The lowest BCUT2D eigenvalue weighted by Gasteiger charge is -2.49. The SMILES string of the molecule is COc1cccc2c1OCC(CN1CCN(C)C3(CCNC(=O)CC3)C1)=C2. The standard InChI is InChI=1S/C21H29N3O3/c1-23-10-11-24(15-21(23)7-6-19(25)22-9-8-21)13-16-12-17-4-3-5-18(26-2)20(17)27-14-16/h3-5,12H,6-11,13-15H2,1-2H3,(H,22,25). The summed E-state index contributed by atoms with van der Waals surface area (Å²) in [6.07, 6.45) is 4.81. The highest BCUT2D eigenvalue weighted by molar-refractivity contribution is 5.76. The maximum atomic E-state index is 11.8. The van der Waals surface area contributed by atoms with Gasteiger partial charge in [-0.15, -0.1) is 0 Å². The third kappa shape index (κ3) is 3.69. The molecule has 1 amide bonds. The molecule has 2 fully saturated rings. The number of nitrogens with one attached hydrogen (secondary N) is 1. The molecule has 0 bridgehead atoms. The molecule has 6 nitrogen and oxygen atoms in total. The van der Waals surface area contributed by atoms with Crippen molar-refractivity contribution in [1.29, 1.82) is 0 Å². The van der Waals surface area contributed by atoms with Crippen molar-refractivity contribution in [2.24, 2.45) is 0 Å². The molecule has 1 N–H and O–H groups in total. The van der Waals surface area contributed by atoms with Crippen LogP contribution >= 0.6 is 0 Å². The van der Waals surface area contributed by atoms with Crippen LogP contribution in [0.25, 0.3) is 6.08 Å². The summed E-state index contributed by atoms with van der Waals surface area (Å²) in [4.78, 5) is 16.8. The van der Waals surface area contributed by atoms with Crippen molar-refractivity contribution in [2.75, 3.05) is 53.5 Å². The second kappa shape index (κ2) is 7.52. The van der Waals surface area contributed by atoms with E-state index in [9.17, 15) is 4.79 Å². The monoisotopic (exact) mass is 371 g/mol. The van der Waals surface area contributed by atoms with Gasteiger partial charge in [0.05, 0.1) is 7.11 Å². The summed E-state index contributed by atoms with van der Waals surface area (Å²) >= 11 is 0. The Morgan fingerprint density at radius 1 is 1.30 bits per heavy atom. The number of likely N-dealkylation sites (N-methyl/N-ethyl adjacent to an activating group) is 1. The van der Waals surface area contributed by atoms with Gasteiger partial charge in [0.2, 0.25) is 5.91 Å². The lowest BCUT2D eigenvalue weighted by molar-refractivity contribution is -0.121. The van der Waals surface area contributed by atoms with Crippen molar-refractivity contribution in [2.45, 2.75) is 24.8 Å². The predicted octanol–water partition coefficient (Wildman–Crippen LogP) is 1.76. The van der Waals surface area contributed by atoms with Gasteiger partial charge in [0, 0.05) is 50.2 Å². The van der Waals surface area contributed by atoms with Crippen molar-refractivity contribution in [3.05, 3.63) is 29.3 Å². The number of benzene rings is 1. The second-order valence-electron chi connectivity index (χ2n) is 7.93. The number of carbonyl (C=O) groups excluding carboxylic acids is 1. The van der Waals surface area contributed by atoms with Crippen molar-refractivity contribution in [1.82, 2.24) is 15.1 Å². The molecule has 6 heteroatoms. The van der Waals surface area contributed by atoms with Crippen LogP contribution in [0.5, 0.6) is 11.5 Å². The summed E-state index contributed by atoms with van der Waals surface area (Å²) in [5.74, 6) is 1.82. The maximum absolute atomic E-state index is 11.8. The number of ether oxygens (including phenoxy) is 2. The quantitative estimate of drug-likeness (QED) is 0.878. The maximum Gasteiger partial charge on any atom is 0.220 e. The van der Waals surface area contributed by atoms with Crippen molar-refractivity contribution < 1.29 is 14.3 Å². The third-order valence-electron chi connectivity index (χ3n) is 6.23. The molecule has 4 rings (SSSR count). The largest absolute Gasteiger partial charge is 0.493 e. The minimum absolute atomic E-state index is 0.0919. The molecular weight excluding hydrogens is 342 g/mol. The Bertz CT molecular complexity index is 748. The van der Waals surface area contributed by atoms with E-state index < -0.39 is 0 Å². The van der Waals surface area contributed by atoms with E-state index in [1.807, 2.05) is 12.1 Å². The Balaban J connectivity index is 1.48. The fourth-order valence-corrected chi connectivity index (χ4v) is 4.58. The van der Waals surface area contributed by atoms with Crippen LogP contribution in [0, 0.1) is 0 Å². The first-order valence-electron chi connectivity index (χ1n) is 9.79. The van der Waals surface area contributed by atoms with Crippen LogP contribution in [0.2, 0.25) is 0 Å². The lowest BCUT2D eigenvalue weighted by atomic mass is 9.86. The first-order valence-corrected chi connectivity index (χ1v) is 9.79. The molecule has 0 saturated carbocycles. The first kappa shape index (κ1) is 18.3. The lowest BCUT2D eigenvalue weighted by Crippen LogP contribution is -2.61. The van der Waals surface area contributed by atoms with Gasteiger partial charge in [-0.2, -0.15) is 0 Å². The predicted molar refractivity (Wildman–Crippen MR) is 105 cm³/mol.